The average Bonchev–Trinajstić information content (AvgIpc) is 2.48. The third kappa shape index (κ3) is 2.78. The summed E-state index contributed by atoms with van der Waals surface area (Å²) in [4.78, 5) is 4.62. The van der Waals surface area contributed by atoms with Gasteiger partial charge in [0.15, 0.2) is 0 Å². The van der Waals surface area contributed by atoms with Crippen molar-refractivity contribution in [2.75, 3.05) is 5.73 Å². The smallest absolute Gasteiger partial charge is 0.0726 e. The van der Waals surface area contributed by atoms with Crippen LogP contribution in [0.15, 0.2) is 60.7 Å². The van der Waals surface area contributed by atoms with E-state index in [9.17, 15) is 0 Å². The molecule has 0 aliphatic rings. The number of nitrogens with two attached hydrogens (primary N) is 1. The van der Waals surface area contributed by atoms with Crippen molar-refractivity contribution in [1.82, 2.24) is 10.3 Å². The van der Waals surface area contributed by atoms with E-state index in [4.69, 9.17) is 5.73 Å². The Hall–Kier alpha value is -2.39. The summed E-state index contributed by atoms with van der Waals surface area (Å²) in [7, 11) is 0. The number of fused-ring (bicyclic) bond motifs is 1. The minimum atomic E-state index is 0.712. The number of rotatable bonds is 4. The monoisotopic (exact) mass is 263 g/mol. The normalized spacial score (nSPS) is 10.8. The number of hydrogen-bond donors (Lipinski definition) is 2. The fraction of sp³-hybridized carbons (Fsp3) is 0.118. The number of nitrogens with zero attached hydrogens (tertiary/aromatic N) is 1. The van der Waals surface area contributed by atoms with Crippen LogP contribution in [0.5, 0.6) is 0 Å². The summed E-state index contributed by atoms with van der Waals surface area (Å²) in [5, 5.41) is 4.41. The van der Waals surface area contributed by atoms with Gasteiger partial charge in [-0.2, -0.15) is 0 Å². The van der Waals surface area contributed by atoms with Crippen LogP contribution in [0.25, 0.3) is 10.9 Å². The molecule has 0 unspecified atom stereocenters. The summed E-state index contributed by atoms with van der Waals surface area (Å²) in [6.07, 6.45) is 0. The van der Waals surface area contributed by atoms with Gasteiger partial charge in [-0.25, -0.2) is 0 Å². The van der Waals surface area contributed by atoms with Gasteiger partial charge in [-0.1, -0.05) is 48.5 Å². The van der Waals surface area contributed by atoms with Crippen LogP contribution in [0.4, 0.5) is 5.69 Å². The highest BCUT2D eigenvalue weighted by Crippen LogP contribution is 2.19. The first kappa shape index (κ1) is 12.6. The lowest BCUT2D eigenvalue weighted by molar-refractivity contribution is 0.682. The predicted octanol–water partition coefficient (Wildman–Crippen LogP) is 3.11. The maximum atomic E-state index is 6.07. The van der Waals surface area contributed by atoms with E-state index in [1.54, 1.807) is 0 Å². The van der Waals surface area contributed by atoms with Crippen molar-refractivity contribution in [1.29, 1.82) is 0 Å². The lowest BCUT2D eigenvalue weighted by Gasteiger charge is -2.08. The molecule has 0 atom stereocenters. The second-order valence-electron chi connectivity index (χ2n) is 4.81. The lowest BCUT2D eigenvalue weighted by atomic mass is 10.1. The van der Waals surface area contributed by atoms with Crippen LogP contribution in [0.1, 0.15) is 11.3 Å². The molecule has 20 heavy (non-hydrogen) atoms. The summed E-state index contributed by atoms with van der Waals surface area (Å²) < 4.78 is 0. The number of hydrogen-bond acceptors (Lipinski definition) is 3. The molecule has 0 saturated heterocycles. The molecule has 1 heterocycles. The van der Waals surface area contributed by atoms with Gasteiger partial charge in [0.05, 0.1) is 11.2 Å². The van der Waals surface area contributed by atoms with Crippen LogP contribution in [-0.4, -0.2) is 4.98 Å². The highest BCUT2D eigenvalue weighted by molar-refractivity contribution is 5.90. The molecule has 3 aromatic rings. The first-order chi connectivity index (χ1) is 9.83. The van der Waals surface area contributed by atoms with E-state index in [1.807, 2.05) is 48.5 Å². The number of aromatic nitrogens is 1. The van der Waals surface area contributed by atoms with Crippen LogP contribution in [0.3, 0.4) is 0 Å². The number of nitrogens with one attached hydrogen (secondary N) is 1. The molecular formula is C17H17N3. The molecule has 0 fully saturated rings. The van der Waals surface area contributed by atoms with E-state index >= 15 is 0 Å². The van der Waals surface area contributed by atoms with Crippen molar-refractivity contribution in [3.63, 3.8) is 0 Å². The van der Waals surface area contributed by atoms with E-state index in [0.29, 0.717) is 6.54 Å². The quantitative estimate of drug-likeness (QED) is 0.760. The van der Waals surface area contributed by atoms with Crippen LogP contribution >= 0.6 is 0 Å². The van der Waals surface area contributed by atoms with Crippen molar-refractivity contribution in [2.45, 2.75) is 13.1 Å². The van der Waals surface area contributed by atoms with E-state index in [2.05, 4.69) is 22.4 Å². The van der Waals surface area contributed by atoms with Crippen LogP contribution < -0.4 is 11.1 Å². The second-order valence-corrected chi connectivity index (χ2v) is 4.81. The molecule has 1 aromatic heterocycles. The molecule has 3 rings (SSSR count). The fourth-order valence-electron chi connectivity index (χ4n) is 2.28. The maximum absolute atomic E-state index is 6.07. The molecular weight excluding hydrogens is 246 g/mol. The Morgan fingerprint density at radius 1 is 0.900 bits per heavy atom. The van der Waals surface area contributed by atoms with Gasteiger partial charge < -0.3 is 11.1 Å². The second kappa shape index (κ2) is 5.72. The Morgan fingerprint density at radius 2 is 1.65 bits per heavy atom. The molecule has 0 radical (unpaired) electrons. The third-order valence-corrected chi connectivity index (χ3v) is 3.28. The highest BCUT2D eigenvalue weighted by Gasteiger charge is 2.02. The minimum Gasteiger partial charge on any atom is -0.398 e. The largest absolute Gasteiger partial charge is 0.398 e. The van der Waals surface area contributed by atoms with E-state index in [-0.39, 0.29) is 0 Å². The molecule has 0 aliphatic heterocycles. The van der Waals surface area contributed by atoms with Crippen molar-refractivity contribution >= 4 is 16.6 Å². The van der Waals surface area contributed by atoms with Gasteiger partial charge in [-0.05, 0) is 17.7 Å². The number of pyridine rings is 1. The van der Waals surface area contributed by atoms with Gasteiger partial charge in [0.1, 0.15) is 0 Å². The van der Waals surface area contributed by atoms with Gasteiger partial charge in [0.25, 0.3) is 0 Å². The van der Waals surface area contributed by atoms with E-state index < -0.39 is 0 Å². The number of para-hydroxylation sites is 1. The highest BCUT2D eigenvalue weighted by atomic mass is 14.9. The molecule has 3 nitrogen and oxygen atoms in total. The Balaban J connectivity index is 1.72. The zero-order chi connectivity index (χ0) is 13.8. The van der Waals surface area contributed by atoms with Gasteiger partial charge in [-0.15, -0.1) is 0 Å². The Labute approximate surface area is 118 Å². The average molecular weight is 263 g/mol. The fourth-order valence-corrected chi connectivity index (χ4v) is 2.28. The van der Waals surface area contributed by atoms with Crippen molar-refractivity contribution in [3.8, 4) is 0 Å². The van der Waals surface area contributed by atoms with Gasteiger partial charge in [0, 0.05) is 24.2 Å². The van der Waals surface area contributed by atoms with E-state index in [1.165, 1.54) is 5.56 Å². The minimum absolute atomic E-state index is 0.712. The molecule has 3 heteroatoms. The maximum Gasteiger partial charge on any atom is 0.0726 e. The summed E-state index contributed by atoms with van der Waals surface area (Å²) in [6, 6.07) is 20.2. The number of anilines is 1. The topological polar surface area (TPSA) is 50.9 Å². The number of benzene rings is 2. The van der Waals surface area contributed by atoms with Gasteiger partial charge in [-0.3, -0.25) is 4.98 Å². The van der Waals surface area contributed by atoms with Gasteiger partial charge in [0.2, 0.25) is 0 Å². The third-order valence-electron chi connectivity index (χ3n) is 3.28. The van der Waals surface area contributed by atoms with Crippen molar-refractivity contribution in [2.24, 2.45) is 0 Å². The van der Waals surface area contributed by atoms with Crippen molar-refractivity contribution in [3.05, 3.63) is 71.9 Å². The molecule has 100 valence electrons. The zero-order valence-corrected chi connectivity index (χ0v) is 11.2. The standard InChI is InChI=1S/C17H17N3/c18-16-10-14(20-17-9-5-4-8-15(16)17)12-19-11-13-6-2-1-3-7-13/h1-10,19H,11-12H2,(H2,18,20). The first-order valence-electron chi connectivity index (χ1n) is 6.72. The van der Waals surface area contributed by atoms with Crippen molar-refractivity contribution < 1.29 is 0 Å². The summed E-state index contributed by atoms with van der Waals surface area (Å²) in [5.41, 5.74) is 10.0. The lowest BCUT2D eigenvalue weighted by Crippen LogP contribution is -2.14. The molecule has 3 N–H and O–H groups in total. The summed E-state index contributed by atoms with van der Waals surface area (Å²) in [6.45, 7) is 1.54. The van der Waals surface area contributed by atoms with E-state index in [0.717, 1.165) is 28.8 Å². The van der Waals surface area contributed by atoms with Crippen LogP contribution in [0, 0.1) is 0 Å². The Bertz CT molecular complexity index is 708. The van der Waals surface area contributed by atoms with Crippen LogP contribution in [-0.2, 0) is 13.1 Å². The van der Waals surface area contributed by atoms with Crippen LogP contribution in [0.2, 0.25) is 0 Å². The molecule has 0 amide bonds. The SMILES string of the molecule is Nc1cc(CNCc2ccccc2)nc2ccccc12. The number of nitrogen functional groups attached to an aromatic ring is 1. The Morgan fingerprint density at radius 3 is 2.50 bits per heavy atom. The summed E-state index contributed by atoms with van der Waals surface area (Å²) in [5.74, 6) is 0. The van der Waals surface area contributed by atoms with Gasteiger partial charge >= 0.3 is 0 Å². The molecule has 0 aliphatic carbocycles. The summed E-state index contributed by atoms with van der Waals surface area (Å²) >= 11 is 0. The predicted molar refractivity (Wildman–Crippen MR) is 83.1 cm³/mol. The molecule has 0 spiro atoms. The Kier molecular flexibility index (Phi) is 3.61. The first-order valence-corrected chi connectivity index (χ1v) is 6.72. The molecule has 2 aromatic carbocycles. The molecule has 0 saturated carbocycles. The zero-order valence-electron chi connectivity index (χ0n) is 11.2. The molecule has 0 bridgehead atoms.